The lowest BCUT2D eigenvalue weighted by atomic mass is 10.3. The molecular formula is C12H16ClN3S. The first-order valence-electron chi connectivity index (χ1n) is 5.86. The van der Waals surface area contributed by atoms with Crippen molar-refractivity contribution in [3.63, 3.8) is 0 Å². The zero-order chi connectivity index (χ0) is 12.1. The summed E-state index contributed by atoms with van der Waals surface area (Å²) >= 11 is 7.56. The Hall–Kier alpha value is -0.870. The standard InChI is InChI=1S/C12H16ClN3S/c1-2-3-6-16(7-5-13)12-11-10(4-8-17-11)14-9-15-12/h4,8-9H,2-3,5-7H2,1H3. The molecule has 0 bridgehead atoms. The molecule has 0 saturated heterocycles. The van der Waals surface area contributed by atoms with Crippen LogP contribution in [0.1, 0.15) is 19.8 Å². The summed E-state index contributed by atoms with van der Waals surface area (Å²) in [6, 6.07) is 2.03. The maximum absolute atomic E-state index is 5.87. The number of halogens is 1. The van der Waals surface area contributed by atoms with Crippen LogP contribution in [0.3, 0.4) is 0 Å². The van der Waals surface area contributed by atoms with Gasteiger partial charge in [0, 0.05) is 19.0 Å². The monoisotopic (exact) mass is 269 g/mol. The Morgan fingerprint density at radius 2 is 2.24 bits per heavy atom. The number of alkyl halides is 1. The zero-order valence-corrected chi connectivity index (χ0v) is 11.5. The molecule has 0 aromatic carbocycles. The Balaban J connectivity index is 2.30. The molecular weight excluding hydrogens is 254 g/mol. The summed E-state index contributed by atoms with van der Waals surface area (Å²) in [5.41, 5.74) is 1.02. The summed E-state index contributed by atoms with van der Waals surface area (Å²) in [5.74, 6) is 1.65. The van der Waals surface area contributed by atoms with Crippen LogP contribution in [0.4, 0.5) is 5.82 Å². The summed E-state index contributed by atoms with van der Waals surface area (Å²) in [4.78, 5) is 10.9. The maximum atomic E-state index is 5.87. The van der Waals surface area contributed by atoms with Gasteiger partial charge in [0.05, 0.1) is 10.2 Å². The molecule has 92 valence electrons. The van der Waals surface area contributed by atoms with E-state index in [1.54, 1.807) is 17.7 Å². The van der Waals surface area contributed by atoms with E-state index in [1.807, 2.05) is 6.07 Å². The molecule has 2 rings (SSSR count). The molecule has 0 unspecified atom stereocenters. The first kappa shape index (κ1) is 12.6. The highest BCUT2D eigenvalue weighted by Crippen LogP contribution is 2.27. The predicted molar refractivity (Wildman–Crippen MR) is 75.3 cm³/mol. The highest BCUT2D eigenvalue weighted by atomic mass is 35.5. The first-order chi connectivity index (χ1) is 8.36. The van der Waals surface area contributed by atoms with Crippen LogP contribution in [0.5, 0.6) is 0 Å². The number of rotatable bonds is 6. The van der Waals surface area contributed by atoms with Gasteiger partial charge >= 0.3 is 0 Å². The van der Waals surface area contributed by atoms with Gasteiger partial charge in [0.1, 0.15) is 12.1 Å². The molecule has 0 atom stereocenters. The molecule has 3 nitrogen and oxygen atoms in total. The Bertz CT molecular complexity index is 471. The van der Waals surface area contributed by atoms with Gasteiger partial charge in [-0.25, -0.2) is 9.97 Å². The second-order valence-corrected chi connectivity index (χ2v) is 5.16. The molecule has 0 aliphatic rings. The van der Waals surface area contributed by atoms with E-state index in [4.69, 9.17) is 11.6 Å². The van der Waals surface area contributed by atoms with Gasteiger partial charge < -0.3 is 4.90 Å². The molecule has 0 spiro atoms. The van der Waals surface area contributed by atoms with E-state index in [0.717, 1.165) is 35.5 Å². The van der Waals surface area contributed by atoms with Gasteiger partial charge in [-0.05, 0) is 17.9 Å². The van der Waals surface area contributed by atoms with E-state index < -0.39 is 0 Å². The second kappa shape index (κ2) is 6.17. The fourth-order valence-electron chi connectivity index (χ4n) is 1.78. The third-order valence-electron chi connectivity index (χ3n) is 2.66. The fraction of sp³-hybridized carbons (Fsp3) is 0.500. The van der Waals surface area contributed by atoms with E-state index in [1.165, 1.54) is 6.42 Å². The molecule has 0 radical (unpaired) electrons. The van der Waals surface area contributed by atoms with Crippen molar-refractivity contribution in [1.82, 2.24) is 9.97 Å². The van der Waals surface area contributed by atoms with Gasteiger partial charge in [-0.15, -0.1) is 22.9 Å². The molecule has 0 fully saturated rings. The van der Waals surface area contributed by atoms with Crippen molar-refractivity contribution in [1.29, 1.82) is 0 Å². The molecule has 0 N–H and O–H groups in total. The fourth-order valence-corrected chi connectivity index (χ4v) is 2.84. The van der Waals surface area contributed by atoms with Crippen molar-refractivity contribution in [3.05, 3.63) is 17.8 Å². The molecule has 2 aromatic rings. The molecule has 2 heterocycles. The normalized spacial score (nSPS) is 10.9. The van der Waals surface area contributed by atoms with E-state index in [9.17, 15) is 0 Å². The van der Waals surface area contributed by atoms with Crippen LogP contribution in [-0.2, 0) is 0 Å². The molecule has 0 amide bonds. The topological polar surface area (TPSA) is 29.0 Å². The van der Waals surface area contributed by atoms with Crippen LogP contribution in [0.2, 0.25) is 0 Å². The van der Waals surface area contributed by atoms with Gasteiger partial charge in [0.25, 0.3) is 0 Å². The van der Waals surface area contributed by atoms with Crippen molar-refractivity contribution in [2.75, 3.05) is 23.9 Å². The number of hydrogen-bond donors (Lipinski definition) is 0. The quantitative estimate of drug-likeness (QED) is 0.751. The lowest BCUT2D eigenvalue weighted by Crippen LogP contribution is -2.27. The number of nitrogens with zero attached hydrogens (tertiary/aromatic N) is 3. The number of aromatic nitrogens is 2. The van der Waals surface area contributed by atoms with Crippen LogP contribution in [0, 0.1) is 0 Å². The Kier molecular flexibility index (Phi) is 4.57. The van der Waals surface area contributed by atoms with Gasteiger partial charge in [0.2, 0.25) is 0 Å². The Morgan fingerprint density at radius 1 is 1.35 bits per heavy atom. The minimum Gasteiger partial charge on any atom is -0.354 e. The van der Waals surface area contributed by atoms with Crippen LogP contribution in [0.25, 0.3) is 10.2 Å². The number of unbranched alkanes of at least 4 members (excludes halogenated alkanes) is 1. The minimum absolute atomic E-state index is 0.626. The number of thiophene rings is 1. The van der Waals surface area contributed by atoms with Crippen LogP contribution >= 0.6 is 22.9 Å². The Labute approximate surface area is 110 Å². The zero-order valence-electron chi connectivity index (χ0n) is 9.90. The summed E-state index contributed by atoms with van der Waals surface area (Å²) in [6.45, 7) is 4.04. The van der Waals surface area contributed by atoms with Crippen molar-refractivity contribution in [3.8, 4) is 0 Å². The summed E-state index contributed by atoms with van der Waals surface area (Å²) in [5, 5.41) is 2.06. The van der Waals surface area contributed by atoms with E-state index in [-0.39, 0.29) is 0 Å². The predicted octanol–water partition coefficient (Wildman–Crippen LogP) is 3.54. The van der Waals surface area contributed by atoms with E-state index in [0.29, 0.717) is 5.88 Å². The second-order valence-electron chi connectivity index (χ2n) is 3.86. The third kappa shape index (κ3) is 2.87. The molecule has 0 aliphatic heterocycles. The highest BCUT2D eigenvalue weighted by molar-refractivity contribution is 7.17. The van der Waals surface area contributed by atoms with Crippen molar-refractivity contribution in [2.45, 2.75) is 19.8 Å². The lowest BCUT2D eigenvalue weighted by molar-refractivity contribution is 0.727. The molecule has 17 heavy (non-hydrogen) atoms. The molecule has 5 heteroatoms. The summed E-state index contributed by atoms with van der Waals surface area (Å²) in [7, 11) is 0. The van der Waals surface area contributed by atoms with Crippen molar-refractivity contribution >= 4 is 39.0 Å². The number of fused-ring (bicyclic) bond motifs is 1. The van der Waals surface area contributed by atoms with E-state index >= 15 is 0 Å². The number of hydrogen-bond acceptors (Lipinski definition) is 4. The summed E-state index contributed by atoms with van der Waals surface area (Å²) < 4.78 is 1.16. The smallest absolute Gasteiger partial charge is 0.150 e. The molecule has 2 aromatic heterocycles. The average molecular weight is 270 g/mol. The van der Waals surface area contributed by atoms with Crippen LogP contribution in [0.15, 0.2) is 17.8 Å². The largest absolute Gasteiger partial charge is 0.354 e. The van der Waals surface area contributed by atoms with Crippen LogP contribution < -0.4 is 4.90 Å². The average Bonchev–Trinajstić information content (AvgIpc) is 2.82. The number of anilines is 1. The molecule has 0 aliphatic carbocycles. The first-order valence-corrected chi connectivity index (χ1v) is 7.27. The molecule has 0 saturated carbocycles. The lowest BCUT2D eigenvalue weighted by Gasteiger charge is -2.22. The van der Waals surface area contributed by atoms with E-state index in [2.05, 4.69) is 27.2 Å². The summed E-state index contributed by atoms with van der Waals surface area (Å²) in [6.07, 6.45) is 3.97. The third-order valence-corrected chi connectivity index (χ3v) is 3.73. The Morgan fingerprint density at radius 3 is 3.00 bits per heavy atom. The van der Waals surface area contributed by atoms with Gasteiger partial charge in [-0.2, -0.15) is 0 Å². The highest BCUT2D eigenvalue weighted by Gasteiger charge is 2.12. The minimum atomic E-state index is 0.626. The van der Waals surface area contributed by atoms with Crippen molar-refractivity contribution < 1.29 is 0 Å². The SMILES string of the molecule is CCCCN(CCCl)c1ncnc2ccsc12. The van der Waals surface area contributed by atoms with Gasteiger partial charge in [-0.3, -0.25) is 0 Å². The van der Waals surface area contributed by atoms with Gasteiger partial charge in [-0.1, -0.05) is 13.3 Å². The maximum Gasteiger partial charge on any atom is 0.150 e. The van der Waals surface area contributed by atoms with Crippen LogP contribution in [-0.4, -0.2) is 28.9 Å². The van der Waals surface area contributed by atoms with Gasteiger partial charge in [0.15, 0.2) is 0 Å². The van der Waals surface area contributed by atoms with Crippen molar-refractivity contribution in [2.24, 2.45) is 0 Å².